The highest BCUT2D eigenvalue weighted by Gasteiger charge is 2.30. The average molecular weight is 398 g/mol. The molecule has 1 fully saturated rings. The molecule has 2 heterocycles. The number of esters is 1. The Morgan fingerprint density at radius 2 is 1.93 bits per heavy atom. The lowest BCUT2D eigenvalue weighted by Gasteiger charge is -2.11. The third-order valence-corrected chi connectivity index (χ3v) is 4.95. The minimum absolute atomic E-state index is 0.0659. The zero-order chi connectivity index (χ0) is 21.0. The van der Waals surface area contributed by atoms with E-state index in [2.05, 4.69) is 10.3 Å². The van der Waals surface area contributed by atoms with Gasteiger partial charge in [0.15, 0.2) is 0 Å². The number of aryl methyl sites for hydroxylation is 2. The van der Waals surface area contributed by atoms with Crippen LogP contribution in [0.5, 0.6) is 0 Å². The van der Waals surface area contributed by atoms with Crippen LogP contribution in [0.4, 0.5) is 0 Å². The summed E-state index contributed by atoms with van der Waals surface area (Å²) < 4.78 is 10.7. The zero-order valence-electron chi connectivity index (χ0n) is 17.0. The Kier molecular flexibility index (Phi) is 6.49. The lowest BCUT2D eigenvalue weighted by Crippen LogP contribution is -2.36. The van der Waals surface area contributed by atoms with E-state index in [1.807, 2.05) is 31.2 Å². The van der Waals surface area contributed by atoms with Gasteiger partial charge in [-0.3, -0.25) is 9.59 Å². The molecule has 1 aliphatic rings. The van der Waals surface area contributed by atoms with Gasteiger partial charge in [0.25, 0.3) is 11.7 Å². The molecule has 0 spiro atoms. The molecule has 1 saturated heterocycles. The summed E-state index contributed by atoms with van der Waals surface area (Å²) in [6, 6.07) is 7.42. The van der Waals surface area contributed by atoms with Gasteiger partial charge in [-0.25, -0.2) is 4.79 Å². The molecule has 0 unspecified atom stereocenters. The summed E-state index contributed by atoms with van der Waals surface area (Å²) in [5.74, 6) is -1.99. The molecular formula is C22H26N2O5. The maximum absolute atomic E-state index is 12.9. The second-order valence-electron chi connectivity index (χ2n) is 7.14. The second kappa shape index (κ2) is 9.05. The van der Waals surface area contributed by atoms with Crippen molar-refractivity contribution in [1.29, 1.82) is 0 Å². The fraction of sp³-hybridized carbons (Fsp3) is 0.409. The van der Waals surface area contributed by atoms with Gasteiger partial charge in [0.1, 0.15) is 5.69 Å². The predicted molar refractivity (Wildman–Crippen MR) is 108 cm³/mol. The van der Waals surface area contributed by atoms with E-state index >= 15 is 0 Å². The van der Waals surface area contributed by atoms with Crippen molar-refractivity contribution in [2.45, 2.75) is 39.7 Å². The van der Waals surface area contributed by atoms with Gasteiger partial charge >= 0.3 is 5.97 Å². The lowest BCUT2D eigenvalue weighted by molar-refractivity contribution is -0.117. The maximum atomic E-state index is 12.9. The molecule has 1 amide bonds. The van der Waals surface area contributed by atoms with E-state index in [4.69, 9.17) is 9.47 Å². The fourth-order valence-electron chi connectivity index (χ4n) is 3.47. The van der Waals surface area contributed by atoms with Crippen LogP contribution in [0.1, 0.15) is 51.9 Å². The summed E-state index contributed by atoms with van der Waals surface area (Å²) in [4.78, 5) is 40.9. The first-order valence-corrected chi connectivity index (χ1v) is 9.83. The number of rotatable bonds is 7. The highest BCUT2D eigenvalue weighted by atomic mass is 16.5. The quantitative estimate of drug-likeness (QED) is 0.425. The lowest BCUT2D eigenvalue weighted by atomic mass is 9.97. The minimum atomic E-state index is -0.731. The van der Waals surface area contributed by atoms with Gasteiger partial charge in [-0.2, -0.15) is 0 Å². The van der Waals surface area contributed by atoms with Crippen LogP contribution in [0.3, 0.4) is 0 Å². The largest absolute Gasteiger partial charge is 0.462 e. The molecule has 0 aliphatic carbocycles. The number of aromatic nitrogens is 1. The number of carbonyl (C=O) groups is 3. The molecule has 1 aromatic heterocycles. The standard InChI is InChI=1S/C22H26N2O5/c1-4-28-22(27)17-14(3)24-19(18(17)15-9-7-13(2)8-10-15)20(25)21(26)23-12-16-6-5-11-29-16/h7-10,16,24H,4-6,11-12H2,1-3H3,(H,23,26)/t16-/m0/s1. The molecule has 0 saturated carbocycles. The van der Waals surface area contributed by atoms with Crippen molar-refractivity contribution in [3.05, 3.63) is 46.8 Å². The van der Waals surface area contributed by atoms with Gasteiger partial charge < -0.3 is 19.8 Å². The summed E-state index contributed by atoms with van der Waals surface area (Å²) in [5.41, 5.74) is 2.93. The first-order valence-electron chi connectivity index (χ1n) is 9.83. The number of aromatic amines is 1. The van der Waals surface area contributed by atoms with Crippen LogP contribution in [-0.2, 0) is 14.3 Å². The summed E-state index contributed by atoms with van der Waals surface area (Å²) in [6.45, 7) is 6.52. The Hall–Kier alpha value is -2.93. The van der Waals surface area contributed by atoms with Crippen LogP contribution in [0.25, 0.3) is 11.1 Å². The molecule has 1 atom stereocenters. The van der Waals surface area contributed by atoms with Gasteiger partial charge in [-0.1, -0.05) is 29.8 Å². The van der Waals surface area contributed by atoms with E-state index in [0.717, 1.165) is 18.4 Å². The number of ether oxygens (including phenoxy) is 2. The Bertz CT molecular complexity index is 908. The summed E-state index contributed by atoms with van der Waals surface area (Å²) in [7, 11) is 0. The molecule has 1 aromatic carbocycles. The van der Waals surface area contributed by atoms with Crippen LogP contribution in [-0.4, -0.2) is 48.5 Å². The second-order valence-corrected chi connectivity index (χ2v) is 7.14. The molecule has 0 bridgehead atoms. The SMILES string of the molecule is CCOC(=O)c1c(C)[nH]c(C(=O)C(=O)NC[C@@H]2CCCO2)c1-c1ccc(C)cc1. The van der Waals surface area contributed by atoms with Crippen molar-refractivity contribution in [3.8, 4) is 11.1 Å². The monoisotopic (exact) mass is 398 g/mol. The van der Waals surface area contributed by atoms with E-state index in [-0.39, 0.29) is 30.5 Å². The number of hydrogen-bond donors (Lipinski definition) is 2. The summed E-state index contributed by atoms with van der Waals surface area (Å²) >= 11 is 0. The van der Waals surface area contributed by atoms with Gasteiger partial charge in [-0.05, 0) is 39.2 Å². The Morgan fingerprint density at radius 3 is 2.55 bits per heavy atom. The summed E-state index contributed by atoms with van der Waals surface area (Å²) in [6.07, 6.45) is 1.74. The Balaban J connectivity index is 1.95. The normalized spacial score (nSPS) is 15.9. The molecule has 29 heavy (non-hydrogen) atoms. The highest BCUT2D eigenvalue weighted by Crippen LogP contribution is 2.31. The topological polar surface area (TPSA) is 97.5 Å². The van der Waals surface area contributed by atoms with Crippen LogP contribution in [0, 0.1) is 13.8 Å². The highest BCUT2D eigenvalue weighted by molar-refractivity contribution is 6.43. The van der Waals surface area contributed by atoms with E-state index in [0.29, 0.717) is 23.4 Å². The maximum Gasteiger partial charge on any atom is 0.340 e. The van der Waals surface area contributed by atoms with Crippen LogP contribution in [0.15, 0.2) is 24.3 Å². The average Bonchev–Trinajstić information content (AvgIpc) is 3.34. The number of hydrogen-bond acceptors (Lipinski definition) is 5. The van der Waals surface area contributed by atoms with Crippen molar-refractivity contribution in [1.82, 2.24) is 10.3 Å². The van der Waals surface area contributed by atoms with E-state index in [1.165, 1.54) is 0 Å². The Labute approximate surface area is 169 Å². The van der Waals surface area contributed by atoms with Crippen molar-refractivity contribution < 1.29 is 23.9 Å². The predicted octanol–water partition coefficient (Wildman–Crippen LogP) is 2.95. The fourth-order valence-corrected chi connectivity index (χ4v) is 3.47. The van der Waals surface area contributed by atoms with Crippen LogP contribution in [0.2, 0.25) is 0 Å². The van der Waals surface area contributed by atoms with Crippen molar-refractivity contribution in [2.75, 3.05) is 19.8 Å². The van der Waals surface area contributed by atoms with Gasteiger partial charge in [0.2, 0.25) is 0 Å². The van der Waals surface area contributed by atoms with E-state index in [1.54, 1.807) is 13.8 Å². The number of carbonyl (C=O) groups excluding carboxylic acids is 3. The number of benzene rings is 1. The first-order chi connectivity index (χ1) is 13.9. The minimum Gasteiger partial charge on any atom is -0.462 e. The van der Waals surface area contributed by atoms with Crippen molar-refractivity contribution in [3.63, 3.8) is 0 Å². The molecule has 154 valence electrons. The molecule has 7 heteroatoms. The zero-order valence-corrected chi connectivity index (χ0v) is 17.0. The van der Waals surface area contributed by atoms with Gasteiger partial charge in [0, 0.05) is 24.4 Å². The number of H-pyrrole nitrogens is 1. The first kappa shape index (κ1) is 20.8. The number of amides is 1. The third-order valence-electron chi connectivity index (χ3n) is 4.95. The van der Waals surface area contributed by atoms with Crippen LogP contribution >= 0.6 is 0 Å². The number of ketones is 1. The van der Waals surface area contributed by atoms with Crippen molar-refractivity contribution >= 4 is 17.7 Å². The molecule has 1 aliphatic heterocycles. The molecule has 0 radical (unpaired) electrons. The molecule has 2 N–H and O–H groups in total. The van der Waals surface area contributed by atoms with Crippen LogP contribution < -0.4 is 5.32 Å². The van der Waals surface area contributed by atoms with E-state index < -0.39 is 17.7 Å². The molecule has 3 rings (SSSR count). The number of nitrogens with one attached hydrogen (secondary N) is 2. The molecule has 7 nitrogen and oxygen atoms in total. The van der Waals surface area contributed by atoms with E-state index in [9.17, 15) is 14.4 Å². The van der Waals surface area contributed by atoms with Gasteiger partial charge in [0.05, 0.1) is 18.3 Å². The van der Waals surface area contributed by atoms with Crippen molar-refractivity contribution in [2.24, 2.45) is 0 Å². The number of Topliss-reactive ketones (excluding diaryl/α,β-unsaturated/α-hetero) is 1. The third kappa shape index (κ3) is 4.56. The van der Waals surface area contributed by atoms with Gasteiger partial charge in [-0.15, -0.1) is 0 Å². The molecule has 2 aromatic rings. The molecular weight excluding hydrogens is 372 g/mol. The summed E-state index contributed by atoms with van der Waals surface area (Å²) in [5, 5.41) is 2.64. The Morgan fingerprint density at radius 1 is 1.21 bits per heavy atom. The smallest absolute Gasteiger partial charge is 0.340 e.